The van der Waals surface area contributed by atoms with Crippen LogP contribution in [-0.4, -0.2) is 30.5 Å². The molecule has 0 spiro atoms. The predicted octanol–water partition coefficient (Wildman–Crippen LogP) is 2.35. The molecule has 0 aromatic heterocycles. The molecule has 0 amide bonds. The van der Waals surface area contributed by atoms with Crippen molar-refractivity contribution < 1.29 is 27.1 Å². The third-order valence-corrected chi connectivity index (χ3v) is 2.27. The number of benzene rings is 1. The van der Waals surface area contributed by atoms with Gasteiger partial charge >= 0.3 is 12.3 Å². The van der Waals surface area contributed by atoms with Gasteiger partial charge in [0.25, 0.3) is 0 Å². The summed E-state index contributed by atoms with van der Waals surface area (Å²) in [6, 6.07) is 4.78. The van der Waals surface area contributed by atoms with Crippen LogP contribution in [0.2, 0.25) is 0 Å². The van der Waals surface area contributed by atoms with Gasteiger partial charge in [0.05, 0.1) is 12.6 Å². The van der Waals surface area contributed by atoms with Crippen molar-refractivity contribution >= 4 is 0 Å². The maximum absolute atomic E-state index is 12.6. The first-order chi connectivity index (χ1) is 8.33. The largest absolute Gasteiger partial charge is 0.387 e. The van der Waals surface area contributed by atoms with Crippen molar-refractivity contribution in [3.05, 3.63) is 35.6 Å². The first-order valence-corrected chi connectivity index (χ1v) is 5.13. The number of alkyl halides is 4. The normalized spacial score (nSPS) is 13.9. The monoisotopic (exact) mass is 269 g/mol. The lowest BCUT2D eigenvalue weighted by molar-refractivity contribution is -0.125. The smallest absolute Gasteiger partial charge is 0.319 e. The van der Waals surface area contributed by atoms with Gasteiger partial charge in [0.2, 0.25) is 0 Å². The van der Waals surface area contributed by atoms with E-state index in [4.69, 9.17) is 0 Å². The molecular weight excluding hydrogens is 257 g/mol. The molecule has 18 heavy (non-hydrogen) atoms. The van der Waals surface area contributed by atoms with Gasteiger partial charge in [-0.25, -0.2) is 13.2 Å². The average Bonchev–Trinajstić information content (AvgIpc) is 2.29. The van der Waals surface area contributed by atoms with Crippen LogP contribution in [0.5, 0.6) is 0 Å². The molecule has 1 unspecified atom stereocenters. The van der Waals surface area contributed by atoms with Crippen LogP contribution in [0, 0.1) is 5.82 Å². The Morgan fingerprint density at radius 3 is 2.22 bits per heavy atom. The molecule has 0 saturated carbocycles. The molecule has 0 aliphatic rings. The number of hydrogen-bond acceptors (Lipinski definition) is 2. The van der Waals surface area contributed by atoms with Gasteiger partial charge in [-0.3, -0.25) is 0 Å². The van der Waals surface area contributed by atoms with Crippen molar-refractivity contribution in [1.82, 2.24) is 5.32 Å². The molecule has 0 heterocycles. The molecule has 7 heteroatoms. The molecule has 1 aromatic rings. The van der Waals surface area contributed by atoms with E-state index >= 15 is 0 Å². The highest BCUT2D eigenvalue weighted by molar-refractivity contribution is 5.18. The topological polar surface area (TPSA) is 32.3 Å². The number of halogens is 5. The minimum absolute atomic E-state index is 0.310. The van der Waals surface area contributed by atoms with Crippen molar-refractivity contribution in [3.63, 3.8) is 0 Å². The van der Waals surface area contributed by atoms with Gasteiger partial charge in [-0.15, -0.1) is 0 Å². The summed E-state index contributed by atoms with van der Waals surface area (Å²) in [4.78, 5) is 0. The Hall–Kier alpha value is -1.21. The van der Waals surface area contributed by atoms with Gasteiger partial charge < -0.3 is 10.4 Å². The fourth-order valence-electron chi connectivity index (χ4n) is 1.26. The van der Waals surface area contributed by atoms with Crippen molar-refractivity contribution in [3.8, 4) is 0 Å². The van der Waals surface area contributed by atoms with Crippen molar-refractivity contribution in [2.75, 3.05) is 13.1 Å². The summed E-state index contributed by atoms with van der Waals surface area (Å²) in [5.74, 6) is -4.63. The number of hydrogen-bond donors (Lipinski definition) is 2. The molecule has 1 aromatic carbocycles. The van der Waals surface area contributed by atoms with E-state index in [1.807, 2.05) is 5.32 Å². The number of aliphatic hydroxyl groups excluding tert-OH is 1. The number of nitrogens with one attached hydrogen (secondary N) is 1. The lowest BCUT2D eigenvalue weighted by atomic mass is 10.1. The lowest BCUT2D eigenvalue weighted by Gasteiger charge is -2.17. The molecule has 2 N–H and O–H groups in total. The summed E-state index contributed by atoms with van der Waals surface area (Å²) in [5, 5.41) is 11.6. The van der Waals surface area contributed by atoms with Crippen LogP contribution in [0.15, 0.2) is 24.3 Å². The highest BCUT2D eigenvalue weighted by atomic mass is 19.3. The minimum atomic E-state index is -4.14. The zero-order chi connectivity index (χ0) is 13.8. The van der Waals surface area contributed by atoms with Crippen LogP contribution >= 0.6 is 0 Å². The second kappa shape index (κ2) is 6.10. The molecular formula is C11H12F5NO. The van der Waals surface area contributed by atoms with E-state index in [9.17, 15) is 27.1 Å². The Morgan fingerprint density at radius 1 is 1.17 bits per heavy atom. The summed E-state index contributed by atoms with van der Waals surface area (Å²) in [5.41, 5.74) is 0.310. The van der Waals surface area contributed by atoms with Gasteiger partial charge in [0.15, 0.2) is 0 Å². The van der Waals surface area contributed by atoms with Crippen LogP contribution in [-0.2, 0) is 0 Å². The molecule has 102 valence electrons. The zero-order valence-electron chi connectivity index (χ0n) is 9.22. The van der Waals surface area contributed by atoms with E-state index in [2.05, 4.69) is 0 Å². The SMILES string of the molecule is OC(CNCC(F)(F)C(F)F)c1ccc(F)cc1. The van der Waals surface area contributed by atoms with Crippen LogP contribution < -0.4 is 5.32 Å². The zero-order valence-corrected chi connectivity index (χ0v) is 9.22. The Balaban J connectivity index is 2.42. The number of rotatable bonds is 6. The second-order valence-electron chi connectivity index (χ2n) is 3.76. The summed E-state index contributed by atoms with van der Waals surface area (Å²) in [6.07, 6.45) is -4.92. The summed E-state index contributed by atoms with van der Waals surface area (Å²) in [7, 11) is 0. The molecule has 0 aliphatic heterocycles. The van der Waals surface area contributed by atoms with Crippen LogP contribution in [0.3, 0.4) is 0 Å². The van der Waals surface area contributed by atoms with Gasteiger partial charge in [0.1, 0.15) is 5.82 Å². The second-order valence-corrected chi connectivity index (χ2v) is 3.76. The molecule has 0 fully saturated rings. The summed E-state index contributed by atoms with van der Waals surface area (Å²) >= 11 is 0. The van der Waals surface area contributed by atoms with Crippen molar-refractivity contribution in [1.29, 1.82) is 0 Å². The third kappa shape index (κ3) is 4.23. The Labute approximate surface area is 100 Å². The minimum Gasteiger partial charge on any atom is -0.387 e. The standard InChI is InChI=1S/C11H12F5NO/c12-8-3-1-7(2-4-8)9(18)5-17-6-11(15,16)10(13)14/h1-4,9-10,17-18H,5-6H2. The molecule has 1 rings (SSSR count). The van der Waals surface area contributed by atoms with E-state index in [0.29, 0.717) is 5.56 Å². The quantitative estimate of drug-likeness (QED) is 0.777. The Bertz CT molecular complexity index is 368. The maximum atomic E-state index is 12.6. The highest BCUT2D eigenvalue weighted by Gasteiger charge is 2.40. The van der Waals surface area contributed by atoms with Crippen molar-refractivity contribution in [2.45, 2.75) is 18.5 Å². The molecule has 0 saturated heterocycles. The fourth-order valence-corrected chi connectivity index (χ4v) is 1.26. The van der Waals surface area contributed by atoms with Gasteiger partial charge in [0, 0.05) is 6.54 Å². The predicted molar refractivity (Wildman–Crippen MR) is 55.2 cm³/mol. The first kappa shape index (κ1) is 14.8. The van der Waals surface area contributed by atoms with Crippen LogP contribution in [0.25, 0.3) is 0 Å². The van der Waals surface area contributed by atoms with E-state index < -0.39 is 30.8 Å². The summed E-state index contributed by atoms with van der Waals surface area (Å²) in [6.45, 7) is -1.56. The van der Waals surface area contributed by atoms with Gasteiger partial charge in [-0.1, -0.05) is 12.1 Å². The van der Waals surface area contributed by atoms with Crippen LogP contribution in [0.1, 0.15) is 11.7 Å². The van der Waals surface area contributed by atoms with Crippen LogP contribution in [0.4, 0.5) is 22.0 Å². The molecule has 0 aliphatic carbocycles. The third-order valence-electron chi connectivity index (χ3n) is 2.27. The Kier molecular flexibility index (Phi) is 5.03. The van der Waals surface area contributed by atoms with Crippen molar-refractivity contribution in [2.24, 2.45) is 0 Å². The van der Waals surface area contributed by atoms with Gasteiger partial charge in [-0.2, -0.15) is 8.78 Å². The van der Waals surface area contributed by atoms with E-state index in [0.717, 1.165) is 12.1 Å². The maximum Gasteiger partial charge on any atom is 0.319 e. The van der Waals surface area contributed by atoms with E-state index in [1.54, 1.807) is 0 Å². The Morgan fingerprint density at radius 2 is 1.72 bits per heavy atom. The average molecular weight is 269 g/mol. The molecule has 0 radical (unpaired) electrons. The van der Waals surface area contributed by atoms with E-state index in [1.165, 1.54) is 12.1 Å². The van der Waals surface area contributed by atoms with Gasteiger partial charge in [-0.05, 0) is 17.7 Å². The molecule has 1 atom stereocenters. The lowest BCUT2D eigenvalue weighted by Crippen LogP contribution is -2.40. The first-order valence-electron chi connectivity index (χ1n) is 5.13. The fraction of sp³-hybridized carbons (Fsp3) is 0.455. The molecule has 0 bridgehead atoms. The highest BCUT2D eigenvalue weighted by Crippen LogP contribution is 2.21. The van der Waals surface area contributed by atoms with E-state index in [-0.39, 0.29) is 6.54 Å². The summed E-state index contributed by atoms with van der Waals surface area (Å²) < 4.78 is 61.2. The number of aliphatic hydroxyl groups is 1. The molecule has 2 nitrogen and oxygen atoms in total.